The lowest BCUT2D eigenvalue weighted by atomic mass is 10.1. The molecule has 1 fully saturated rings. The van der Waals surface area contributed by atoms with Gasteiger partial charge in [0, 0.05) is 37.9 Å². The van der Waals surface area contributed by atoms with Crippen molar-refractivity contribution in [2.24, 2.45) is 0 Å². The van der Waals surface area contributed by atoms with Crippen LogP contribution in [0.25, 0.3) is 0 Å². The minimum Gasteiger partial charge on any atom is -0.497 e. The molecule has 1 saturated heterocycles. The fourth-order valence-electron chi connectivity index (χ4n) is 3.24. The highest BCUT2D eigenvalue weighted by Crippen LogP contribution is 2.24. The van der Waals surface area contributed by atoms with Crippen LogP contribution in [0.2, 0.25) is 10.0 Å². The third-order valence-electron chi connectivity index (χ3n) is 4.75. The molecule has 3 rings (SSSR count). The first-order valence-electron chi connectivity index (χ1n) is 8.85. The molecule has 1 heterocycles. The van der Waals surface area contributed by atoms with E-state index in [4.69, 9.17) is 40.2 Å². The minimum absolute atomic E-state index is 0.358. The summed E-state index contributed by atoms with van der Waals surface area (Å²) in [5.74, 6) is 0.873. The lowest BCUT2D eigenvalue weighted by molar-refractivity contribution is 0.334. The van der Waals surface area contributed by atoms with E-state index in [1.54, 1.807) is 13.2 Å². The first-order chi connectivity index (χ1) is 13.0. The van der Waals surface area contributed by atoms with Gasteiger partial charge < -0.3 is 19.9 Å². The van der Waals surface area contributed by atoms with Gasteiger partial charge in [0.25, 0.3) is 0 Å². The Morgan fingerprint density at radius 3 is 2.52 bits per heavy atom. The smallest absolute Gasteiger partial charge is 0.169 e. The third kappa shape index (κ3) is 4.98. The van der Waals surface area contributed by atoms with E-state index in [-0.39, 0.29) is 0 Å². The molecule has 2 aromatic rings. The predicted molar refractivity (Wildman–Crippen MR) is 117 cm³/mol. The van der Waals surface area contributed by atoms with E-state index in [2.05, 4.69) is 34.2 Å². The Kier molecular flexibility index (Phi) is 6.68. The molecule has 144 valence electrons. The van der Waals surface area contributed by atoms with Crippen LogP contribution in [0.4, 0.5) is 5.69 Å². The second kappa shape index (κ2) is 9.00. The normalized spacial score (nSPS) is 17.0. The Balaban J connectivity index is 1.54. The van der Waals surface area contributed by atoms with Gasteiger partial charge in [-0.3, -0.25) is 0 Å². The van der Waals surface area contributed by atoms with Crippen LogP contribution in [0, 0.1) is 0 Å². The molecule has 0 bridgehead atoms. The van der Waals surface area contributed by atoms with Crippen LogP contribution in [0.5, 0.6) is 5.75 Å². The summed E-state index contributed by atoms with van der Waals surface area (Å²) in [6.07, 6.45) is 0. The van der Waals surface area contributed by atoms with Crippen molar-refractivity contribution in [2.75, 3.05) is 31.6 Å². The number of hydrogen-bond acceptors (Lipinski definition) is 3. The summed E-state index contributed by atoms with van der Waals surface area (Å²) in [5, 5.41) is 5.21. The first-order valence-corrected chi connectivity index (χ1v) is 10.0. The Labute approximate surface area is 176 Å². The molecule has 0 saturated carbocycles. The van der Waals surface area contributed by atoms with E-state index in [9.17, 15) is 0 Å². The van der Waals surface area contributed by atoms with Crippen LogP contribution in [0.15, 0.2) is 42.5 Å². The summed E-state index contributed by atoms with van der Waals surface area (Å²) in [5.41, 5.74) is 2.26. The molecule has 7 heteroatoms. The van der Waals surface area contributed by atoms with Crippen LogP contribution >= 0.6 is 35.4 Å². The number of halogens is 2. The lowest BCUT2D eigenvalue weighted by Gasteiger charge is -2.42. The van der Waals surface area contributed by atoms with Crippen LogP contribution in [-0.2, 0) is 6.54 Å². The molecule has 1 atom stereocenters. The van der Waals surface area contributed by atoms with Crippen LogP contribution in [0.3, 0.4) is 0 Å². The molecule has 1 N–H and O–H groups in total. The molecule has 1 aliphatic rings. The van der Waals surface area contributed by atoms with E-state index in [0.717, 1.165) is 36.1 Å². The zero-order valence-corrected chi connectivity index (χ0v) is 17.7. The predicted octanol–water partition coefficient (Wildman–Crippen LogP) is 4.59. The van der Waals surface area contributed by atoms with Gasteiger partial charge in [0.2, 0.25) is 0 Å². The maximum Gasteiger partial charge on any atom is 0.169 e. The summed E-state index contributed by atoms with van der Waals surface area (Å²) < 4.78 is 5.24. The second-order valence-electron chi connectivity index (χ2n) is 6.59. The van der Waals surface area contributed by atoms with Crippen molar-refractivity contribution in [3.05, 3.63) is 58.1 Å². The quantitative estimate of drug-likeness (QED) is 0.725. The zero-order chi connectivity index (χ0) is 19.4. The molecule has 0 spiro atoms. The molecular formula is C20H23Cl2N3OS. The average Bonchev–Trinajstić information content (AvgIpc) is 2.68. The van der Waals surface area contributed by atoms with E-state index in [1.807, 2.05) is 24.3 Å². The highest BCUT2D eigenvalue weighted by atomic mass is 35.5. The minimum atomic E-state index is 0.358. The van der Waals surface area contributed by atoms with Crippen molar-refractivity contribution in [1.29, 1.82) is 0 Å². The highest BCUT2D eigenvalue weighted by Gasteiger charge is 2.25. The van der Waals surface area contributed by atoms with Crippen molar-refractivity contribution in [3.63, 3.8) is 0 Å². The second-order valence-corrected chi connectivity index (χ2v) is 7.79. The molecule has 27 heavy (non-hydrogen) atoms. The number of benzene rings is 2. The number of rotatable bonds is 4. The van der Waals surface area contributed by atoms with Gasteiger partial charge in [-0.1, -0.05) is 29.3 Å². The standard InChI is InChI=1S/C20H23Cl2N3OS/c1-14-13-24(9-10-25(14)16-4-6-17(26-2)7-5-16)20(27)23-12-15-3-8-18(21)19(22)11-15/h3-8,11,14H,9-10,12-13H2,1-2H3,(H,23,27). The Morgan fingerprint density at radius 2 is 1.89 bits per heavy atom. The van der Waals surface area contributed by atoms with Crippen molar-refractivity contribution in [1.82, 2.24) is 10.2 Å². The first kappa shape index (κ1) is 20.1. The summed E-state index contributed by atoms with van der Waals surface area (Å²) in [4.78, 5) is 4.62. The number of nitrogens with zero attached hydrogens (tertiary/aromatic N) is 2. The van der Waals surface area contributed by atoms with Gasteiger partial charge in [-0.05, 0) is 61.1 Å². The molecule has 0 aliphatic carbocycles. The van der Waals surface area contributed by atoms with E-state index < -0.39 is 0 Å². The molecule has 1 aliphatic heterocycles. The zero-order valence-electron chi connectivity index (χ0n) is 15.4. The van der Waals surface area contributed by atoms with Crippen LogP contribution < -0.4 is 15.0 Å². The van der Waals surface area contributed by atoms with E-state index in [1.165, 1.54) is 5.69 Å². The molecular weight excluding hydrogens is 401 g/mol. The van der Waals surface area contributed by atoms with Crippen LogP contribution in [0.1, 0.15) is 12.5 Å². The Morgan fingerprint density at radius 1 is 1.15 bits per heavy atom. The lowest BCUT2D eigenvalue weighted by Crippen LogP contribution is -2.55. The summed E-state index contributed by atoms with van der Waals surface area (Å²) >= 11 is 17.6. The van der Waals surface area contributed by atoms with Crippen molar-refractivity contribution < 1.29 is 4.74 Å². The fraction of sp³-hybridized carbons (Fsp3) is 0.350. The third-order valence-corrected chi connectivity index (χ3v) is 5.89. The summed E-state index contributed by atoms with van der Waals surface area (Å²) in [6.45, 7) is 5.52. The SMILES string of the molecule is COc1ccc(N2CCN(C(=S)NCc3ccc(Cl)c(Cl)c3)CC2C)cc1. The molecule has 2 aromatic carbocycles. The molecule has 4 nitrogen and oxygen atoms in total. The number of nitrogens with one attached hydrogen (secondary N) is 1. The maximum atomic E-state index is 6.07. The molecule has 1 unspecified atom stereocenters. The van der Waals surface area contributed by atoms with Crippen molar-refractivity contribution >= 4 is 46.2 Å². The molecule has 0 radical (unpaired) electrons. The van der Waals surface area contributed by atoms with Gasteiger partial charge in [0.15, 0.2) is 5.11 Å². The number of ether oxygens (including phenoxy) is 1. The monoisotopic (exact) mass is 423 g/mol. The number of hydrogen-bond donors (Lipinski definition) is 1. The van der Waals surface area contributed by atoms with Gasteiger partial charge in [-0.15, -0.1) is 0 Å². The summed E-state index contributed by atoms with van der Waals surface area (Å²) in [6, 6.07) is 14.2. The number of anilines is 1. The highest BCUT2D eigenvalue weighted by molar-refractivity contribution is 7.80. The fourth-order valence-corrected chi connectivity index (χ4v) is 3.80. The van der Waals surface area contributed by atoms with Gasteiger partial charge in [0.1, 0.15) is 5.75 Å². The van der Waals surface area contributed by atoms with Gasteiger partial charge in [0.05, 0.1) is 17.2 Å². The molecule has 0 aromatic heterocycles. The number of thiocarbonyl (C=S) groups is 1. The average molecular weight is 424 g/mol. The van der Waals surface area contributed by atoms with Gasteiger partial charge in [-0.25, -0.2) is 0 Å². The van der Waals surface area contributed by atoms with Gasteiger partial charge in [-0.2, -0.15) is 0 Å². The topological polar surface area (TPSA) is 27.7 Å². The van der Waals surface area contributed by atoms with Gasteiger partial charge >= 0.3 is 0 Å². The Bertz CT molecular complexity index is 800. The van der Waals surface area contributed by atoms with Crippen molar-refractivity contribution in [2.45, 2.75) is 19.5 Å². The largest absolute Gasteiger partial charge is 0.497 e. The van der Waals surface area contributed by atoms with E-state index >= 15 is 0 Å². The summed E-state index contributed by atoms with van der Waals surface area (Å²) in [7, 11) is 1.68. The van der Waals surface area contributed by atoms with Crippen molar-refractivity contribution in [3.8, 4) is 5.75 Å². The number of piperazine rings is 1. The Hall–Kier alpha value is -1.69. The van der Waals surface area contributed by atoms with E-state index in [0.29, 0.717) is 22.6 Å². The molecule has 0 amide bonds. The maximum absolute atomic E-state index is 6.07. The van der Waals surface area contributed by atoms with Crippen LogP contribution in [-0.4, -0.2) is 42.8 Å². The number of methoxy groups -OCH3 is 1.